The first-order valence-electron chi connectivity index (χ1n) is 7.09. The molecule has 1 aliphatic heterocycles. The largest absolute Gasteiger partial charge is 0.314 e. The molecular formula is C15H20BrClN2. The van der Waals surface area contributed by atoms with Gasteiger partial charge in [-0.15, -0.1) is 0 Å². The van der Waals surface area contributed by atoms with Crippen LogP contribution in [0.5, 0.6) is 0 Å². The van der Waals surface area contributed by atoms with Crippen molar-refractivity contribution in [1.29, 1.82) is 0 Å². The van der Waals surface area contributed by atoms with Crippen molar-refractivity contribution in [3.8, 4) is 0 Å². The summed E-state index contributed by atoms with van der Waals surface area (Å²) in [6.07, 6.45) is 5.39. The van der Waals surface area contributed by atoms with Gasteiger partial charge >= 0.3 is 0 Å². The topological polar surface area (TPSA) is 15.3 Å². The van der Waals surface area contributed by atoms with Crippen LogP contribution in [0.4, 0.5) is 0 Å². The molecule has 3 rings (SSSR count). The van der Waals surface area contributed by atoms with Gasteiger partial charge in [-0.1, -0.05) is 46.4 Å². The minimum atomic E-state index is 0.384. The molecule has 1 aromatic rings. The highest BCUT2D eigenvalue weighted by Crippen LogP contribution is 2.37. The fourth-order valence-corrected chi connectivity index (χ4v) is 4.25. The molecule has 1 N–H and O–H groups in total. The minimum absolute atomic E-state index is 0.384. The van der Waals surface area contributed by atoms with Crippen molar-refractivity contribution in [3.63, 3.8) is 0 Å². The smallest absolute Gasteiger partial charge is 0.0462 e. The van der Waals surface area contributed by atoms with E-state index in [-0.39, 0.29) is 0 Å². The van der Waals surface area contributed by atoms with E-state index >= 15 is 0 Å². The van der Waals surface area contributed by atoms with Gasteiger partial charge in [-0.05, 0) is 30.5 Å². The summed E-state index contributed by atoms with van der Waals surface area (Å²) in [6, 6.07) is 6.24. The zero-order valence-electron chi connectivity index (χ0n) is 11.1. The van der Waals surface area contributed by atoms with E-state index in [0.29, 0.717) is 5.54 Å². The van der Waals surface area contributed by atoms with Crippen LogP contribution in [0.3, 0.4) is 0 Å². The summed E-state index contributed by atoms with van der Waals surface area (Å²) in [4.78, 5) is 2.66. The van der Waals surface area contributed by atoms with Crippen molar-refractivity contribution in [2.45, 2.75) is 37.8 Å². The molecule has 2 fully saturated rings. The molecule has 2 aliphatic rings. The lowest BCUT2D eigenvalue weighted by Gasteiger charge is -2.45. The molecule has 104 valence electrons. The lowest BCUT2D eigenvalue weighted by Crippen LogP contribution is -2.59. The second-order valence-corrected chi connectivity index (χ2v) is 7.09. The van der Waals surface area contributed by atoms with Crippen molar-refractivity contribution < 1.29 is 0 Å². The maximum atomic E-state index is 6.37. The Labute approximate surface area is 128 Å². The monoisotopic (exact) mass is 342 g/mol. The number of hydrogen-bond donors (Lipinski definition) is 1. The molecule has 1 saturated carbocycles. The molecule has 4 heteroatoms. The average molecular weight is 344 g/mol. The Hall–Kier alpha value is -0.0900. The van der Waals surface area contributed by atoms with E-state index in [4.69, 9.17) is 11.6 Å². The highest BCUT2D eigenvalue weighted by molar-refractivity contribution is 9.10. The van der Waals surface area contributed by atoms with Crippen LogP contribution in [0.2, 0.25) is 5.02 Å². The summed E-state index contributed by atoms with van der Waals surface area (Å²) in [5, 5.41) is 4.45. The van der Waals surface area contributed by atoms with Crippen LogP contribution in [0.1, 0.15) is 31.2 Å². The first-order chi connectivity index (χ1) is 9.20. The summed E-state index contributed by atoms with van der Waals surface area (Å²) in [7, 11) is 0. The van der Waals surface area contributed by atoms with E-state index < -0.39 is 0 Å². The molecule has 0 aromatic heterocycles. The minimum Gasteiger partial charge on any atom is -0.314 e. The van der Waals surface area contributed by atoms with Crippen LogP contribution in [-0.4, -0.2) is 30.1 Å². The Morgan fingerprint density at radius 1 is 1.32 bits per heavy atom. The predicted molar refractivity (Wildman–Crippen MR) is 83.6 cm³/mol. The molecule has 2 nitrogen and oxygen atoms in total. The molecule has 1 aromatic carbocycles. The first kappa shape index (κ1) is 13.9. The maximum Gasteiger partial charge on any atom is 0.0462 e. The second kappa shape index (κ2) is 5.72. The fraction of sp³-hybridized carbons (Fsp3) is 0.600. The van der Waals surface area contributed by atoms with Gasteiger partial charge in [0.1, 0.15) is 0 Å². The first-order valence-corrected chi connectivity index (χ1v) is 8.26. The Balaban J connectivity index is 1.80. The van der Waals surface area contributed by atoms with Gasteiger partial charge in [0, 0.05) is 41.2 Å². The van der Waals surface area contributed by atoms with Crippen molar-refractivity contribution in [3.05, 3.63) is 33.3 Å². The van der Waals surface area contributed by atoms with Crippen LogP contribution in [-0.2, 0) is 6.54 Å². The van der Waals surface area contributed by atoms with E-state index in [1.807, 2.05) is 6.07 Å². The summed E-state index contributed by atoms with van der Waals surface area (Å²) in [5.74, 6) is 0. The Kier molecular flexibility index (Phi) is 4.18. The quantitative estimate of drug-likeness (QED) is 0.878. The number of hydrogen-bond acceptors (Lipinski definition) is 2. The van der Waals surface area contributed by atoms with Gasteiger partial charge in [0.2, 0.25) is 0 Å². The van der Waals surface area contributed by atoms with E-state index in [1.54, 1.807) is 0 Å². The van der Waals surface area contributed by atoms with E-state index in [0.717, 1.165) is 35.7 Å². The maximum absolute atomic E-state index is 6.37. The van der Waals surface area contributed by atoms with E-state index in [9.17, 15) is 0 Å². The van der Waals surface area contributed by atoms with Gasteiger partial charge in [0.15, 0.2) is 0 Å². The number of halogens is 2. The van der Waals surface area contributed by atoms with Crippen molar-refractivity contribution in [1.82, 2.24) is 10.2 Å². The van der Waals surface area contributed by atoms with E-state index in [2.05, 4.69) is 38.3 Å². The van der Waals surface area contributed by atoms with Crippen LogP contribution >= 0.6 is 27.5 Å². The molecule has 19 heavy (non-hydrogen) atoms. The van der Waals surface area contributed by atoms with Crippen molar-refractivity contribution >= 4 is 27.5 Å². The molecule has 1 aliphatic carbocycles. The average Bonchev–Trinajstić information content (AvgIpc) is 2.85. The van der Waals surface area contributed by atoms with Gasteiger partial charge in [-0.2, -0.15) is 0 Å². The van der Waals surface area contributed by atoms with Gasteiger partial charge in [-0.25, -0.2) is 0 Å². The summed E-state index contributed by atoms with van der Waals surface area (Å²) >= 11 is 9.84. The van der Waals surface area contributed by atoms with Crippen LogP contribution in [0.15, 0.2) is 22.7 Å². The Morgan fingerprint density at radius 3 is 2.84 bits per heavy atom. The molecule has 0 radical (unpaired) electrons. The van der Waals surface area contributed by atoms with Gasteiger partial charge in [0.05, 0.1) is 0 Å². The van der Waals surface area contributed by atoms with E-state index in [1.165, 1.54) is 31.2 Å². The fourth-order valence-electron chi connectivity index (χ4n) is 3.51. The third-order valence-electron chi connectivity index (χ3n) is 4.59. The zero-order chi connectivity index (χ0) is 13.3. The normalized spacial score (nSPS) is 23.1. The molecule has 1 heterocycles. The third kappa shape index (κ3) is 2.85. The molecule has 0 bridgehead atoms. The highest BCUT2D eigenvalue weighted by Gasteiger charge is 2.40. The SMILES string of the molecule is Clc1cc(Br)ccc1CN1CCNCC12CCCC2. The number of benzene rings is 1. The van der Waals surface area contributed by atoms with Crippen molar-refractivity contribution in [2.75, 3.05) is 19.6 Å². The molecule has 0 atom stereocenters. The molecular weight excluding hydrogens is 324 g/mol. The Morgan fingerprint density at radius 2 is 2.11 bits per heavy atom. The summed E-state index contributed by atoms with van der Waals surface area (Å²) in [6.45, 7) is 4.34. The molecule has 0 unspecified atom stereocenters. The van der Waals surface area contributed by atoms with Crippen LogP contribution < -0.4 is 5.32 Å². The summed E-state index contributed by atoms with van der Waals surface area (Å²) < 4.78 is 1.05. The number of piperazine rings is 1. The highest BCUT2D eigenvalue weighted by atomic mass is 79.9. The summed E-state index contributed by atoms with van der Waals surface area (Å²) in [5.41, 5.74) is 1.63. The third-order valence-corrected chi connectivity index (χ3v) is 5.44. The zero-order valence-corrected chi connectivity index (χ0v) is 13.4. The number of rotatable bonds is 2. The van der Waals surface area contributed by atoms with Gasteiger partial charge in [0.25, 0.3) is 0 Å². The number of nitrogens with zero attached hydrogens (tertiary/aromatic N) is 1. The van der Waals surface area contributed by atoms with Gasteiger partial charge < -0.3 is 5.32 Å². The molecule has 1 spiro atoms. The second-order valence-electron chi connectivity index (χ2n) is 5.77. The lowest BCUT2D eigenvalue weighted by atomic mass is 9.92. The molecule has 1 saturated heterocycles. The standard InChI is InChI=1S/C15H20BrClN2/c16-13-4-3-12(14(17)9-13)10-19-8-7-18-11-15(19)5-1-2-6-15/h3-4,9,18H,1-2,5-8,10-11H2. The van der Waals surface area contributed by atoms with Gasteiger partial charge in [-0.3, -0.25) is 4.90 Å². The van der Waals surface area contributed by atoms with Crippen LogP contribution in [0, 0.1) is 0 Å². The lowest BCUT2D eigenvalue weighted by molar-refractivity contribution is 0.0573. The predicted octanol–water partition coefficient (Wildman–Crippen LogP) is 3.82. The van der Waals surface area contributed by atoms with Crippen LogP contribution in [0.25, 0.3) is 0 Å². The van der Waals surface area contributed by atoms with Crippen molar-refractivity contribution in [2.24, 2.45) is 0 Å². The molecule has 0 amide bonds. The Bertz CT molecular complexity index is 457. The number of nitrogens with one attached hydrogen (secondary N) is 1.